The summed E-state index contributed by atoms with van der Waals surface area (Å²) in [5, 5.41) is 0. The molecule has 4 heteroatoms. The van der Waals surface area contributed by atoms with Crippen LogP contribution in [0.15, 0.2) is 47.5 Å². The maximum Gasteiger partial charge on any atom is 0.248 e. The summed E-state index contributed by atoms with van der Waals surface area (Å²) in [6.07, 6.45) is 0.833. The van der Waals surface area contributed by atoms with Crippen LogP contribution in [0.25, 0.3) is 0 Å². The smallest absolute Gasteiger partial charge is 0.248 e. The lowest BCUT2D eigenvalue weighted by Gasteiger charge is -2.22. The van der Waals surface area contributed by atoms with Crippen LogP contribution < -0.4 is 4.90 Å². The number of carbonyl (C=O) groups excluding carboxylic acids is 1. The van der Waals surface area contributed by atoms with Gasteiger partial charge in [-0.2, -0.15) is 0 Å². The number of hydrogen-bond donors (Lipinski definition) is 0. The number of carbonyl (C=O) groups is 1. The number of anilines is 1. The van der Waals surface area contributed by atoms with E-state index < -0.39 is 0 Å². The van der Waals surface area contributed by atoms with Gasteiger partial charge in [0.15, 0.2) is 0 Å². The summed E-state index contributed by atoms with van der Waals surface area (Å²) >= 11 is 0. The zero-order valence-electron chi connectivity index (χ0n) is 12.2. The van der Waals surface area contributed by atoms with Gasteiger partial charge >= 0.3 is 0 Å². The third kappa shape index (κ3) is 1.80. The Morgan fingerprint density at radius 1 is 1.14 bits per heavy atom. The molecule has 1 atom stereocenters. The summed E-state index contributed by atoms with van der Waals surface area (Å²) in [5.41, 5.74) is 3.89. The molecule has 0 aliphatic carbocycles. The Hall–Kier alpha value is -2.49. The molecule has 2 aliphatic heterocycles. The number of hydrogen-bond acceptors (Lipinski definition) is 2. The van der Waals surface area contributed by atoms with Crippen molar-refractivity contribution in [3.05, 3.63) is 65.0 Å². The number of rotatable bonds is 1. The van der Waals surface area contributed by atoms with Crippen LogP contribution in [0.4, 0.5) is 10.1 Å². The van der Waals surface area contributed by atoms with Crippen LogP contribution in [0.2, 0.25) is 0 Å². The van der Waals surface area contributed by atoms with Gasteiger partial charge in [-0.05, 0) is 31.0 Å². The molecule has 110 valence electrons. The summed E-state index contributed by atoms with van der Waals surface area (Å²) < 4.78 is 14.2. The van der Waals surface area contributed by atoms with Gasteiger partial charge in [0.25, 0.3) is 0 Å². The number of para-hydroxylation sites is 1. The minimum Gasteiger partial charge on any atom is -0.307 e. The van der Waals surface area contributed by atoms with Crippen LogP contribution in [0, 0.1) is 5.82 Å². The van der Waals surface area contributed by atoms with Gasteiger partial charge in [0.05, 0.1) is 11.4 Å². The number of amides is 1. The van der Waals surface area contributed by atoms with E-state index in [1.54, 1.807) is 18.2 Å². The lowest BCUT2D eigenvalue weighted by molar-refractivity contribution is -0.117. The van der Waals surface area contributed by atoms with Crippen molar-refractivity contribution < 1.29 is 9.18 Å². The van der Waals surface area contributed by atoms with Crippen molar-refractivity contribution in [1.82, 2.24) is 0 Å². The Balaban J connectivity index is 1.98. The summed E-state index contributed by atoms with van der Waals surface area (Å²) in [7, 11) is 0. The second-order valence-electron chi connectivity index (χ2n) is 5.77. The highest BCUT2D eigenvalue weighted by molar-refractivity contribution is 6.20. The number of aliphatic imine (C=N–C) groups is 1. The Kier molecular flexibility index (Phi) is 2.86. The van der Waals surface area contributed by atoms with Gasteiger partial charge in [-0.1, -0.05) is 30.3 Å². The molecule has 2 heterocycles. The maximum atomic E-state index is 14.2. The molecule has 0 saturated heterocycles. The molecule has 0 aromatic heterocycles. The standard InChI is InChI=1S/C18H15FN2O/c1-11-9-12-5-4-7-14-17(13-6-2-3-8-15(13)19)20-10-16(22)21(11)18(12)14/h2-8,11H,9-10H2,1H3. The average Bonchev–Trinajstić information content (AvgIpc) is 2.76. The van der Waals surface area contributed by atoms with Crippen molar-refractivity contribution in [2.24, 2.45) is 4.99 Å². The van der Waals surface area contributed by atoms with E-state index in [0.29, 0.717) is 11.3 Å². The molecule has 0 saturated carbocycles. The van der Waals surface area contributed by atoms with E-state index in [1.165, 1.54) is 6.07 Å². The van der Waals surface area contributed by atoms with E-state index in [-0.39, 0.29) is 24.3 Å². The third-order valence-electron chi connectivity index (χ3n) is 4.34. The Morgan fingerprint density at radius 3 is 2.73 bits per heavy atom. The molecule has 0 bridgehead atoms. The highest BCUT2D eigenvalue weighted by Gasteiger charge is 2.35. The van der Waals surface area contributed by atoms with Crippen molar-refractivity contribution in [1.29, 1.82) is 0 Å². The van der Waals surface area contributed by atoms with E-state index in [9.17, 15) is 9.18 Å². The van der Waals surface area contributed by atoms with Crippen molar-refractivity contribution in [3.63, 3.8) is 0 Å². The van der Waals surface area contributed by atoms with Gasteiger partial charge in [0.2, 0.25) is 5.91 Å². The first-order valence-electron chi connectivity index (χ1n) is 7.40. The van der Waals surface area contributed by atoms with E-state index in [2.05, 4.69) is 4.99 Å². The van der Waals surface area contributed by atoms with Crippen molar-refractivity contribution in [2.75, 3.05) is 11.4 Å². The molecule has 0 spiro atoms. The Labute approximate surface area is 128 Å². The SMILES string of the molecule is CC1Cc2cccc3c2N1C(=O)CN=C3c1ccccc1F. The molecule has 1 unspecified atom stereocenters. The third-order valence-corrected chi connectivity index (χ3v) is 4.34. The fourth-order valence-corrected chi connectivity index (χ4v) is 3.42. The van der Waals surface area contributed by atoms with E-state index >= 15 is 0 Å². The zero-order valence-corrected chi connectivity index (χ0v) is 12.2. The van der Waals surface area contributed by atoms with Crippen LogP contribution in [0.1, 0.15) is 23.6 Å². The molecule has 2 aliphatic rings. The molecule has 1 amide bonds. The lowest BCUT2D eigenvalue weighted by Crippen LogP contribution is -2.36. The highest BCUT2D eigenvalue weighted by Crippen LogP contribution is 2.38. The second-order valence-corrected chi connectivity index (χ2v) is 5.77. The fraction of sp³-hybridized carbons (Fsp3) is 0.222. The first-order valence-corrected chi connectivity index (χ1v) is 7.40. The normalized spacial score (nSPS) is 19.7. The van der Waals surface area contributed by atoms with Gasteiger partial charge < -0.3 is 4.90 Å². The first kappa shape index (κ1) is 13.2. The monoisotopic (exact) mass is 294 g/mol. The summed E-state index contributed by atoms with van der Waals surface area (Å²) in [6, 6.07) is 12.6. The van der Waals surface area contributed by atoms with Gasteiger partial charge in [-0.25, -0.2) is 4.39 Å². The summed E-state index contributed by atoms with van der Waals surface area (Å²) in [4.78, 5) is 18.7. The minimum atomic E-state index is -0.314. The predicted octanol–water partition coefficient (Wildman–Crippen LogP) is 2.95. The minimum absolute atomic E-state index is 0.0231. The molecule has 0 N–H and O–H groups in total. The number of nitrogens with zero attached hydrogens (tertiary/aromatic N) is 2. The quantitative estimate of drug-likeness (QED) is 0.796. The maximum absolute atomic E-state index is 14.2. The van der Waals surface area contributed by atoms with Gasteiger partial charge in [-0.15, -0.1) is 0 Å². The molecular formula is C18H15FN2O. The summed E-state index contributed by atoms with van der Waals surface area (Å²) in [6.45, 7) is 2.10. The van der Waals surface area contributed by atoms with Gasteiger partial charge in [0.1, 0.15) is 12.4 Å². The highest BCUT2D eigenvalue weighted by atomic mass is 19.1. The molecule has 0 radical (unpaired) electrons. The molecule has 0 fully saturated rings. The number of benzene rings is 2. The van der Waals surface area contributed by atoms with E-state index in [1.807, 2.05) is 30.0 Å². The van der Waals surface area contributed by atoms with Gasteiger partial charge in [-0.3, -0.25) is 9.79 Å². The van der Waals surface area contributed by atoms with Gasteiger partial charge in [0, 0.05) is 17.2 Å². The number of halogens is 1. The van der Waals surface area contributed by atoms with Crippen LogP contribution in [-0.2, 0) is 11.2 Å². The van der Waals surface area contributed by atoms with Crippen LogP contribution in [-0.4, -0.2) is 24.2 Å². The first-order chi connectivity index (χ1) is 10.7. The van der Waals surface area contributed by atoms with Crippen LogP contribution in [0.3, 0.4) is 0 Å². The predicted molar refractivity (Wildman–Crippen MR) is 84.0 cm³/mol. The molecule has 4 rings (SSSR count). The van der Waals surface area contributed by atoms with Crippen molar-refractivity contribution in [3.8, 4) is 0 Å². The molecule has 3 nitrogen and oxygen atoms in total. The molecule has 2 aromatic rings. The van der Waals surface area contributed by atoms with E-state index in [4.69, 9.17) is 0 Å². The van der Waals surface area contributed by atoms with Crippen molar-refractivity contribution >= 4 is 17.3 Å². The molecule has 22 heavy (non-hydrogen) atoms. The van der Waals surface area contributed by atoms with Crippen LogP contribution in [0.5, 0.6) is 0 Å². The van der Waals surface area contributed by atoms with Crippen LogP contribution >= 0.6 is 0 Å². The average molecular weight is 294 g/mol. The lowest BCUT2D eigenvalue weighted by atomic mass is 9.97. The molecule has 2 aromatic carbocycles. The fourth-order valence-electron chi connectivity index (χ4n) is 3.42. The summed E-state index contributed by atoms with van der Waals surface area (Å²) in [5.74, 6) is -0.337. The zero-order chi connectivity index (χ0) is 15.3. The van der Waals surface area contributed by atoms with Crippen molar-refractivity contribution in [2.45, 2.75) is 19.4 Å². The second kappa shape index (κ2) is 4.77. The largest absolute Gasteiger partial charge is 0.307 e. The Morgan fingerprint density at radius 2 is 1.91 bits per heavy atom. The Bertz CT molecular complexity index is 812. The van der Waals surface area contributed by atoms with E-state index in [0.717, 1.165) is 23.2 Å². The molecular weight excluding hydrogens is 279 g/mol. The topological polar surface area (TPSA) is 32.7 Å².